The first-order chi connectivity index (χ1) is 8.79. The molecule has 1 aromatic carbocycles. The largest absolute Gasteiger partial charge is 0.229 e. The van der Waals surface area contributed by atoms with Crippen LogP contribution in [0, 0.1) is 0 Å². The maximum atomic E-state index is 5.94. The van der Waals surface area contributed by atoms with E-state index in [2.05, 4.69) is 28.5 Å². The van der Waals surface area contributed by atoms with Crippen molar-refractivity contribution in [1.29, 1.82) is 0 Å². The van der Waals surface area contributed by atoms with Gasteiger partial charge in [0.15, 0.2) is 5.82 Å². The molecule has 0 saturated carbocycles. The lowest BCUT2D eigenvalue weighted by Crippen LogP contribution is -2.04. The van der Waals surface area contributed by atoms with Crippen LogP contribution < -0.4 is 0 Å². The highest BCUT2D eigenvalue weighted by Crippen LogP contribution is 2.19. The SMILES string of the molecule is CCCn1nnnc1CSCc1cccc(Cl)c1. The summed E-state index contributed by atoms with van der Waals surface area (Å²) >= 11 is 7.73. The molecule has 2 rings (SSSR count). The molecule has 1 heterocycles. The van der Waals surface area contributed by atoms with Crippen LogP contribution in [0.2, 0.25) is 5.02 Å². The van der Waals surface area contributed by atoms with Crippen LogP contribution in [0.15, 0.2) is 24.3 Å². The molecule has 0 bridgehead atoms. The van der Waals surface area contributed by atoms with E-state index in [9.17, 15) is 0 Å². The Balaban J connectivity index is 1.86. The number of aromatic nitrogens is 4. The third-order valence-electron chi connectivity index (χ3n) is 2.43. The maximum Gasteiger partial charge on any atom is 0.161 e. The third kappa shape index (κ3) is 3.71. The molecule has 0 amide bonds. The van der Waals surface area contributed by atoms with Crippen molar-refractivity contribution in [3.8, 4) is 0 Å². The standard InChI is InChI=1S/C12H15ClN4S/c1-2-6-17-12(14-15-16-17)9-18-8-10-4-3-5-11(13)7-10/h3-5,7H,2,6,8-9H2,1H3. The molecule has 0 aliphatic carbocycles. The second kappa shape index (κ2) is 6.75. The highest BCUT2D eigenvalue weighted by Gasteiger charge is 2.05. The molecule has 0 atom stereocenters. The first-order valence-corrected chi connectivity index (χ1v) is 7.40. The number of hydrogen-bond donors (Lipinski definition) is 0. The molecule has 0 fully saturated rings. The number of aryl methyl sites for hydroxylation is 1. The predicted molar refractivity (Wildman–Crippen MR) is 74.6 cm³/mol. The molecule has 4 nitrogen and oxygen atoms in total. The minimum Gasteiger partial charge on any atom is -0.229 e. The minimum absolute atomic E-state index is 0.781. The zero-order valence-electron chi connectivity index (χ0n) is 10.2. The molecule has 0 N–H and O–H groups in total. The zero-order valence-corrected chi connectivity index (χ0v) is 11.8. The van der Waals surface area contributed by atoms with Crippen LogP contribution in [0.4, 0.5) is 0 Å². The summed E-state index contributed by atoms with van der Waals surface area (Å²) in [5.41, 5.74) is 1.22. The van der Waals surface area contributed by atoms with Crippen molar-refractivity contribution in [3.63, 3.8) is 0 Å². The number of thioether (sulfide) groups is 1. The fourth-order valence-electron chi connectivity index (χ4n) is 1.60. The summed E-state index contributed by atoms with van der Waals surface area (Å²) in [6.45, 7) is 2.99. The van der Waals surface area contributed by atoms with Gasteiger partial charge in [-0.1, -0.05) is 30.7 Å². The van der Waals surface area contributed by atoms with Crippen LogP contribution >= 0.6 is 23.4 Å². The Morgan fingerprint density at radius 2 is 2.22 bits per heavy atom. The average molecular weight is 283 g/mol. The van der Waals surface area contributed by atoms with E-state index in [-0.39, 0.29) is 0 Å². The van der Waals surface area contributed by atoms with Gasteiger partial charge in [-0.3, -0.25) is 0 Å². The number of benzene rings is 1. The summed E-state index contributed by atoms with van der Waals surface area (Å²) in [4.78, 5) is 0. The Morgan fingerprint density at radius 3 is 3.00 bits per heavy atom. The maximum absolute atomic E-state index is 5.94. The van der Waals surface area contributed by atoms with Crippen molar-refractivity contribution in [2.45, 2.75) is 31.4 Å². The highest BCUT2D eigenvalue weighted by atomic mass is 35.5. The van der Waals surface area contributed by atoms with Crippen molar-refractivity contribution in [3.05, 3.63) is 40.7 Å². The molecular formula is C12H15ClN4S. The monoisotopic (exact) mass is 282 g/mol. The lowest BCUT2D eigenvalue weighted by atomic mass is 10.2. The van der Waals surface area contributed by atoms with Gasteiger partial charge in [-0.2, -0.15) is 0 Å². The predicted octanol–water partition coefficient (Wildman–Crippen LogP) is 3.17. The molecular weight excluding hydrogens is 268 g/mol. The number of hydrogen-bond acceptors (Lipinski definition) is 4. The summed E-state index contributed by atoms with van der Waals surface area (Å²) in [6.07, 6.45) is 1.04. The first-order valence-electron chi connectivity index (χ1n) is 5.87. The fourth-order valence-corrected chi connectivity index (χ4v) is 2.72. The summed E-state index contributed by atoms with van der Waals surface area (Å²) < 4.78 is 1.87. The van der Waals surface area contributed by atoms with Crippen molar-refractivity contribution < 1.29 is 0 Å². The van der Waals surface area contributed by atoms with Gasteiger partial charge in [-0.25, -0.2) is 4.68 Å². The molecule has 2 aromatic rings. The van der Waals surface area contributed by atoms with Crippen LogP contribution in [-0.4, -0.2) is 20.2 Å². The lowest BCUT2D eigenvalue weighted by molar-refractivity contribution is 0.564. The Morgan fingerprint density at radius 1 is 1.33 bits per heavy atom. The topological polar surface area (TPSA) is 43.6 Å². The van der Waals surface area contributed by atoms with Crippen LogP contribution in [0.25, 0.3) is 0 Å². The van der Waals surface area contributed by atoms with E-state index in [4.69, 9.17) is 11.6 Å². The number of rotatable bonds is 6. The lowest BCUT2D eigenvalue weighted by Gasteiger charge is -2.03. The van der Waals surface area contributed by atoms with Gasteiger partial charge in [-0.05, 0) is 34.5 Å². The smallest absolute Gasteiger partial charge is 0.161 e. The molecule has 0 saturated heterocycles. The molecule has 6 heteroatoms. The van der Waals surface area contributed by atoms with Gasteiger partial charge in [0.25, 0.3) is 0 Å². The van der Waals surface area contributed by atoms with E-state index < -0.39 is 0 Å². The van der Waals surface area contributed by atoms with Crippen molar-refractivity contribution >= 4 is 23.4 Å². The Kier molecular flexibility index (Phi) is 5.01. The summed E-state index contributed by atoms with van der Waals surface area (Å²) in [7, 11) is 0. The van der Waals surface area contributed by atoms with Gasteiger partial charge in [0.1, 0.15) is 0 Å². The number of halogens is 1. The van der Waals surface area contributed by atoms with Gasteiger partial charge in [0.2, 0.25) is 0 Å². The van der Waals surface area contributed by atoms with Crippen molar-refractivity contribution in [1.82, 2.24) is 20.2 Å². The molecule has 0 unspecified atom stereocenters. The highest BCUT2D eigenvalue weighted by molar-refractivity contribution is 7.97. The van der Waals surface area contributed by atoms with Crippen LogP contribution in [0.3, 0.4) is 0 Å². The van der Waals surface area contributed by atoms with Gasteiger partial charge in [0, 0.05) is 17.3 Å². The average Bonchev–Trinajstić information content (AvgIpc) is 2.78. The van der Waals surface area contributed by atoms with E-state index in [1.807, 2.05) is 22.9 Å². The molecule has 0 radical (unpaired) electrons. The molecule has 0 aliphatic rings. The molecule has 18 heavy (non-hydrogen) atoms. The van der Waals surface area contributed by atoms with Crippen LogP contribution in [-0.2, 0) is 18.1 Å². The molecule has 0 aliphatic heterocycles. The number of nitrogens with zero attached hydrogens (tertiary/aromatic N) is 4. The van der Waals surface area contributed by atoms with E-state index in [1.165, 1.54) is 5.56 Å². The normalized spacial score (nSPS) is 10.8. The van der Waals surface area contributed by atoms with E-state index in [1.54, 1.807) is 11.8 Å². The zero-order chi connectivity index (χ0) is 12.8. The van der Waals surface area contributed by atoms with Gasteiger partial charge in [-0.15, -0.1) is 16.9 Å². The van der Waals surface area contributed by atoms with E-state index in [0.717, 1.165) is 35.3 Å². The van der Waals surface area contributed by atoms with E-state index >= 15 is 0 Å². The molecule has 96 valence electrons. The Hall–Kier alpha value is -1.07. The van der Waals surface area contributed by atoms with Crippen molar-refractivity contribution in [2.75, 3.05) is 0 Å². The molecule has 0 spiro atoms. The third-order valence-corrected chi connectivity index (χ3v) is 3.67. The summed E-state index contributed by atoms with van der Waals surface area (Å²) in [6, 6.07) is 7.92. The Bertz CT molecular complexity index is 500. The fraction of sp³-hybridized carbons (Fsp3) is 0.417. The number of tetrazole rings is 1. The van der Waals surface area contributed by atoms with Gasteiger partial charge >= 0.3 is 0 Å². The Labute approximate surface area is 116 Å². The first kappa shape index (κ1) is 13.4. The second-order valence-electron chi connectivity index (χ2n) is 3.94. The quantitative estimate of drug-likeness (QED) is 0.816. The minimum atomic E-state index is 0.781. The van der Waals surface area contributed by atoms with Crippen LogP contribution in [0.5, 0.6) is 0 Å². The van der Waals surface area contributed by atoms with Crippen LogP contribution in [0.1, 0.15) is 24.7 Å². The van der Waals surface area contributed by atoms with Gasteiger partial charge < -0.3 is 0 Å². The van der Waals surface area contributed by atoms with Gasteiger partial charge in [0.05, 0.1) is 5.75 Å². The second-order valence-corrected chi connectivity index (χ2v) is 5.36. The molecule has 1 aromatic heterocycles. The van der Waals surface area contributed by atoms with Crippen molar-refractivity contribution in [2.24, 2.45) is 0 Å². The summed E-state index contributed by atoms with van der Waals surface area (Å²) in [5, 5.41) is 12.5. The van der Waals surface area contributed by atoms with E-state index in [0.29, 0.717) is 0 Å². The summed E-state index contributed by atoms with van der Waals surface area (Å²) in [5.74, 6) is 2.67.